The number of phenolic OH excluding ortho intramolecular Hbond substituents is 1. The molecule has 0 saturated carbocycles. The Bertz CT molecular complexity index is 718. The summed E-state index contributed by atoms with van der Waals surface area (Å²) in [6, 6.07) is 12.2. The topological polar surface area (TPSA) is 66.4 Å². The van der Waals surface area contributed by atoms with Gasteiger partial charge in [0.05, 0.1) is 5.56 Å². The van der Waals surface area contributed by atoms with Crippen molar-refractivity contribution in [1.29, 1.82) is 0 Å². The van der Waals surface area contributed by atoms with Crippen LogP contribution in [0.15, 0.2) is 42.5 Å². The zero-order valence-electron chi connectivity index (χ0n) is 12.1. The van der Waals surface area contributed by atoms with Crippen LogP contribution in [0, 0.1) is 5.92 Å². The Hall–Kier alpha value is -2.46. The number of carbonyl (C=O) groups is 2. The molecule has 1 aliphatic rings. The number of ketones is 1. The van der Waals surface area contributed by atoms with Crippen molar-refractivity contribution < 1.29 is 14.7 Å². The highest BCUT2D eigenvalue weighted by molar-refractivity contribution is 6.05. The van der Waals surface area contributed by atoms with Crippen LogP contribution >= 0.6 is 0 Å². The lowest BCUT2D eigenvalue weighted by Crippen LogP contribution is -2.18. The standard InChI is InChI=1S/C18H17NO3/c20-11-13-4-3-7-16(18(13)22)14-5-1-2-6-15(14)17(21)12-8-9-19-10-12/h1-7,11-12,19,22H,8-10H2. The minimum atomic E-state index is -0.0812. The van der Waals surface area contributed by atoms with Crippen molar-refractivity contribution in [1.82, 2.24) is 5.32 Å². The third-order valence-corrected chi connectivity index (χ3v) is 4.11. The van der Waals surface area contributed by atoms with Crippen molar-refractivity contribution >= 4 is 12.1 Å². The molecule has 1 fully saturated rings. The molecular formula is C18H17NO3. The molecule has 1 heterocycles. The van der Waals surface area contributed by atoms with E-state index in [0.717, 1.165) is 13.0 Å². The number of nitrogens with one attached hydrogen (secondary N) is 1. The van der Waals surface area contributed by atoms with E-state index in [4.69, 9.17) is 0 Å². The summed E-state index contributed by atoms with van der Waals surface area (Å²) in [6.45, 7) is 1.54. The maximum Gasteiger partial charge on any atom is 0.167 e. The maximum atomic E-state index is 12.7. The van der Waals surface area contributed by atoms with Crippen LogP contribution in [0.1, 0.15) is 27.1 Å². The van der Waals surface area contributed by atoms with Crippen molar-refractivity contribution in [3.05, 3.63) is 53.6 Å². The number of aromatic hydroxyl groups is 1. The molecule has 22 heavy (non-hydrogen) atoms. The van der Waals surface area contributed by atoms with Gasteiger partial charge in [0.25, 0.3) is 0 Å². The number of aldehydes is 1. The van der Waals surface area contributed by atoms with E-state index in [1.807, 2.05) is 12.1 Å². The monoisotopic (exact) mass is 295 g/mol. The second-order valence-corrected chi connectivity index (χ2v) is 5.46. The van der Waals surface area contributed by atoms with E-state index in [1.54, 1.807) is 30.3 Å². The molecule has 0 aromatic heterocycles. The van der Waals surface area contributed by atoms with E-state index in [-0.39, 0.29) is 23.0 Å². The van der Waals surface area contributed by atoms with Gasteiger partial charge in [-0.25, -0.2) is 0 Å². The second-order valence-electron chi connectivity index (χ2n) is 5.46. The Balaban J connectivity index is 2.08. The first-order valence-corrected chi connectivity index (χ1v) is 7.34. The minimum absolute atomic E-state index is 0.0300. The molecule has 2 N–H and O–H groups in total. The number of hydrogen-bond donors (Lipinski definition) is 2. The number of carbonyl (C=O) groups excluding carboxylic acids is 2. The van der Waals surface area contributed by atoms with Gasteiger partial charge in [0.15, 0.2) is 12.1 Å². The summed E-state index contributed by atoms with van der Waals surface area (Å²) in [5.74, 6) is -0.0312. The number of hydrogen-bond acceptors (Lipinski definition) is 4. The molecular weight excluding hydrogens is 278 g/mol. The van der Waals surface area contributed by atoms with Gasteiger partial charge in [-0.05, 0) is 24.6 Å². The van der Waals surface area contributed by atoms with E-state index < -0.39 is 0 Å². The molecule has 0 aliphatic carbocycles. The highest BCUT2D eigenvalue weighted by atomic mass is 16.3. The summed E-state index contributed by atoms with van der Waals surface area (Å²) >= 11 is 0. The Kier molecular flexibility index (Phi) is 4.02. The lowest BCUT2D eigenvalue weighted by Gasteiger charge is -2.14. The lowest BCUT2D eigenvalue weighted by atomic mass is 9.89. The zero-order chi connectivity index (χ0) is 15.5. The summed E-state index contributed by atoms with van der Waals surface area (Å²) in [5, 5.41) is 13.5. The number of benzene rings is 2. The fourth-order valence-electron chi connectivity index (χ4n) is 2.91. The maximum absolute atomic E-state index is 12.7. The molecule has 1 unspecified atom stereocenters. The number of rotatable bonds is 4. The van der Waals surface area contributed by atoms with E-state index >= 15 is 0 Å². The molecule has 0 amide bonds. The van der Waals surface area contributed by atoms with Gasteiger partial charge in [0, 0.05) is 23.6 Å². The highest BCUT2D eigenvalue weighted by Crippen LogP contribution is 2.34. The lowest BCUT2D eigenvalue weighted by molar-refractivity contribution is 0.0931. The molecule has 1 aliphatic heterocycles. The third-order valence-electron chi connectivity index (χ3n) is 4.11. The Morgan fingerprint density at radius 1 is 1.14 bits per heavy atom. The molecule has 4 heteroatoms. The van der Waals surface area contributed by atoms with Gasteiger partial charge in [0.2, 0.25) is 0 Å². The molecule has 0 bridgehead atoms. The van der Waals surface area contributed by atoms with E-state index in [9.17, 15) is 14.7 Å². The average Bonchev–Trinajstić information content (AvgIpc) is 3.09. The van der Waals surface area contributed by atoms with Gasteiger partial charge in [-0.15, -0.1) is 0 Å². The largest absolute Gasteiger partial charge is 0.507 e. The van der Waals surface area contributed by atoms with Crippen LogP contribution in [0.2, 0.25) is 0 Å². The van der Waals surface area contributed by atoms with Gasteiger partial charge in [-0.3, -0.25) is 9.59 Å². The van der Waals surface area contributed by atoms with Crippen LogP contribution in [-0.4, -0.2) is 30.3 Å². The predicted octanol–water partition coefficient (Wildman–Crippen LogP) is 2.66. The van der Waals surface area contributed by atoms with Gasteiger partial charge in [-0.2, -0.15) is 0 Å². The normalized spacial score (nSPS) is 17.4. The fraction of sp³-hybridized carbons (Fsp3) is 0.222. The number of para-hydroxylation sites is 1. The van der Waals surface area contributed by atoms with E-state index in [0.29, 0.717) is 29.5 Å². The Labute approximate surface area is 128 Å². The molecule has 3 rings (SSSR count). The van der Waals surface area contributed by atoms with Crippen molar-refractivity contribution in [2.45, 2.75) is 6.42 Å². The molecule has 1 atom stereocenters. The number of phenols is 1. The van der Waals surface area contributed by atoms with Crippen LogP contribution in [0.4, 0.5) is 0 Å². The van der Waals surface area contributed by atoms with Crippen LogP contribution < -0.4 is 5.32 Å². The average molecular weight is 295 g/mol. The molecule has 0 radical (unpaired) electrons. The highest BCUT2D eigenvalue weighted by Gasteiger charge is 2.26. The van der Waals surface area contributed by atoms with Crippen LogP contribution in [-0.2, 0) is 0 Å². The van der Waals surface area contributed by atoms with E-state index in [1.165, 1.54) is 0 Å². The van der Waals surface area contributed by atoms with Crippen molar-refractivity contribution in [3.63, 3.8) is 0 Å². The van der Waals surface area contributed by atoms with Gasteiger partial charge in [-0.1, -0.05) is 36.4 Å². The smallest absolute Gasteiger partial charge is 0.167 e. The molecule has 2 aromatic rings. The summed E-state index contributed by atoms with van der Waals surface area (Å²) in [6.07, 6.45) is 1.44. The van der Waals surface area contributed by atoms with Gasteiger partial charge in [0.1, 0.15) is 5.75 Å². The van der Waals surface area contributed by atoms with Crippen LogP contribution in [0.25, 0.3) is 11.1 Å². The second kappa shape index (κ2) is 6.12. The first kappa shape index (κ1) is 14.5. The first-order chi connectivity index (χ1) is 10.7. The molecule has 4 nitrogen and oxygen atoms in total. The quantitative estimate of drug-likeness (QED) is 0.672. The summed E-state index contributed by atoms with van der Waals surface area (Å²) in [4.78, 5) is 23.7. The number of Topliss-reactive ketones (excluding diaryl/α,β-unsaturated/α-hetero) is 1. The van der Waals surface area contributed by atoms with Crippen LogP contribution in [0.5, 0.6) is 5.75 Å². The zero-order valence-corrected chi connectivity index (χ0v) is 12.1. The molecule has 1 saturated heterocycles. The van der Waals surface area contributed by atoms with Crippen molar-refractivity contribution in [2.75, 3.05) is 13.1 Å². The van der Waals surface area contributed by atoms with Crippen molar-refractivity contribution in [3.8, 4) is 16.9 Å². The molecule has 2 aromatic carbocycles. The molecule has 0 spiro atoms. The van der Waals surface area contributed by atoms with Crippen LogP contribution in [0.3, 0.4) is 0 Å². The van der Waals surface area contributed by atoms with E-state index in [2.05, 4.69) is 5.32 Å². The Morgan fingerprint density at radius 2 is 1.91 bits per heavy atom. The SMILES string of the molecule is O=Cc1cccc(-c2ccccc2C(=O)C2CCNC2)c1O. The van der Waals surface area contributed by atoms with Gasteiger partial charge < -0.3 is 10.4 Å². The molecule has 112 valence electrons. The summed E-state index contributed by atoms with van der Waals surface area (Å²) in [5.41, 5.74) is 2.00. The first-order valence-electron chi connectivity index (χ1n) is 7.34. The minimum Gasteiger partial charge on any atom is -0.507 e. The summed E-state index contributed by atoms with van der Waals surface area (Å²) in [7, 11) is 0. The fourth-order valence-corrected chi connectivity index (χ4v) is 2.91. The Morgan fingerprint density at radius 3 is 2.64 bits per heavy atom. The third kappa shape index (κ3) is 2.53. The van der Waals surface area contributed by atoms with Gasteiger partial charge >= 0.3 is 0 Å². The van der Waals surface area contributed by atoms with Crippen molar-refractivity contribution in [2.24, 2.45) is 5.92 Å². The summed E-state index contributed by atoms with van der Waals surface area (Å²) < 4.78 is 0. The predicted molar refractivity (Wildman–Crippen MR) is 84.2 cm³/mol.